The second-order valence-corrected chi connectivity index (χ2v) is 7.72. The van der Waals surface area contributed by atoms with Crippen molar-refractivity contribution in [3.05, 3.63) is 64.6 Å². The first-order valence-corrected chi connectivity index (χ1v) is 9.96. The summed E-state index contributed by atoms with van der Waals surface area (Å²) in [5, 5.41) is 6.45. The summed E-state index contributed by atoms with van der Waals surface area (Å²) >= 11 is 3.43. The van der Waals surface area contributed by atoms with Crippen LogP contribution in [0.4, 0.5) is 0 Å². The Hall–Kier alpha value is -2.73. The van der Waals surface area contributed by atoms with Crippen LogP contribution in [-0.2, 0) is 4.79 Å². The number of carbonyl (C=O) groups is 2. The van der Waals surface area contributed by atoms with Gasteiger partial charge in [-0.05, 0) is 38.1 Å². The van der Waals surface area contributed by atoms with Gasteiger partial charge in [0.2, 0.25) is 5.91 Å². The van der Waals surface area contributed by atoms with Crippen molar-refractivity contribution in [2.75, 3.05) is 6.54 Å². The number of pyridine rings is 1. The molecule has 3 rings (SSSR count). The molecule has 5 nitrogen and oxygen atoms in total. The molecule has 0 radical (unpaired) electrons. The second-order valence-electron chi connectivity index (χ2n) is 6.81. The number of hydrogen-bond acceptors (Lipinski definition) is 3. The zero-order valence-corrected chi connectivity index (χ0v) is 17.4. The van der Waals surface area contributed by atoms with Gasteiger partial charge in [0.1, 0.15) is 0 Å². The highest BCUT2D eigenvalue weighted by atomic mass is 79.9. The number of hydrogen-bond donors (Lipinski definition) is 2. The number of amides is 2. The molecule has 6 heteroatoms. The minimum atomic E-state index is -0.214. The fourth-order valence-electron chi connectivity index (χ4n) is 2.91. The van der Waals surface area contributed by atoms with Crippen LogP contribution in [0.3, 0.4) is 0 Å². The summed E-state index contributed by atoms with van der Waals surface area (Å²) in [6.07, 6.45) is 0.243. The normalized spacial score (nSPS) is 10.9. The molecule has 28 heavy (non-hydrogen) atoms. The fraction of sp³-hybridized carbons (Fsp3) is 0.227. The Morgan fingerprint density at radius 3 is 2.50 bits per heavy atom. The number of carbonyl (C=O) groups excluding carboxylic acids is 2. The lowest BCUT2D eigenvalue weighted by atomic mass is 10.0. The van der Waals surface area contributed by atoms with Crippen LogP contribution in [0.15, 0.2) is 59.1 Å². The van der Waals surface area contributed by atoms with Gasteiger partial charge in [0.05, 0.1) is 16.8 Å². The molecule has 0 fully saturated rings. The van der Waals surface area contributed by atoms with Gasteiger partial charge < -0.3 is 10.6 Å². The number of halogens is 1. The average Bonchev–Trinajstić information content (AvgIpc) is 2.67. The molecule has 2 N–H and O–H groups in total. The lowest BCUT2D eigenvalue weighted by Crippen LogP contribution is -2.34. The highest BCUT2D eigenvalue weighted by Gasteiger charge is 2.14. The second kappa shape index (κ2) is 8.97. The maximum atomic E-state index is 12.8. The van der Waals surface area contributed by atoms with E-state index in [1.165, 1.54) is 0 Å². The van der Waals surface area contributed by atoms with Crippen LogP contribution in [0.2, 0.25) is 0 Å². The van der Waals surface area contributed by atoms with Crippen molar-refractivity contribution in [2.24, 2.45) is 0 Å². The predicted octanol–water partition coefficient (Wildman–Crippen LogP) is 4.31. The van der Waals surface area contributed by atoms with Crippen molar-refractivity contribution < 1.29 is 9.59 Å². The van der Waals surface area contributed by atoms with Crippen molar-refractivity contribution >= 4 is 38.6 Å². The summed E-state index contributed by atoms with van der Waals surface area (Å²) in [5.41, 5.74) is 2.96. The average molecular weight is 440 g/mol. The van der Waals surface area contributed by atoms with Crippen LogP contribution in [-0.4, -0.2) is 29.4 Å². The Kier molecular flexibility index (Phi) is 6.41. The molecule has 0 saturated carbocycles. The number of nitrogens with zero attached hydrogens (tertiary/aromatic N) is 1. The molecule has 0 aliphatic heterocycles. The summed E-state index contributed by atoms with van der Waals surface area (Å²) < 4.78 is 0.981. The van der Waals surface area contributed by atoms with Gasteiger partial charge in [-0.1, -0.05) is 46.3 Å². The predicted molar refractivity (Wildman–Crippen MR) is 115 cm³/mol. The molecule has 0 aliphatic rings. The molecular formula is C22H22BrN3O2. The third-order valence-corrected chi connectivity index (χ3v) is 4.72. The van der Waals surface area contributed by atoms with Gasteiger partial charge in [0.25, 0.3) is 5.91 Å². The van der Waals surface area contributed by atoms with Crippen LogP contribution in [0.25, 0.3) is 22.2 Å². The first-order chi connectivity index (χ1) is 13.4. The highest BCUT2D eigenvalue weighted by molar-refractivity contribution is 9.10. The summed E-state index contributed by atoms with van der Waals surface area (Å²) in [5.74, 6) is -0.292. The van der Waals surface area contributed by atoms with Crippen LogP contribution < -0.4 is 10.6 Å². The summed E-state index contributed by atoms with van der Waals surface area (Å²) in [6, 6.07) is 17.3. The van der Waals surface area contributed by atoms with E-state index in [2.05, 4.69) is 26.6 Å². The number of benzene rings is 2. The van der Waals surface area contributed by atoms with Crippen LogP contribution in [0.1, 0.15) is 30.6 Å². The van der Waals surface area contributed by atoms with Crippen molar-refractivity contribution in [1.29, 1.82) is 0 Å². The van der Waals surface area contributed by atoms with Gasteiger partial charge in [-0.15, -0.1) is 0 Å². The molecule has 0 atom stereocenters. The lowest BCUT2D eigenvalue weighted by molar-refractivity contribution is -0.121. The molecule has 0 bridgehead atoms. The third-order valence-electron chi connectivity index (χ3n) is 4.19. The van der Waals surface area contributed by atoms with Crippen molar-refractivity contribution in [3.8, 4) is 11.3 Å². The number of fused-ring (bicyclic) bond motifs is 1. The van der Waals surface area contributed by atoms with E-state index in [9.17, 15) is 9.59 Å². The molecule has 0 saturated heterocycles. The Morgan fingerprint density at radius 1 is 1.07 bits per heavy atom. The molecule has 0 spiro atoms. The zero-order valence-electron chi connectivity index (χ0n) is 15.8. The third kappa shape index (κ3) is 4.95. The van der Waals surface area contributed by atoms with E-state index in [0.717, 1.165) is 26.6 Å². The van der Waals surface area contributed by atoms with Crippen LogP contribution in [0.5, 0.6) is 0 Å². The lowest BCUT2D eigenvalue weighted by Gasteiger charge is -2.11. The van der Waals surface area contributed by atoms with E-state index in [-0.39, 0.29) is 30.8 Å². The van der Waals surface area contributed by atoms with Crippen molar-refractivity contribution in [3.63, 3.8) is 0 Å². The van der Waals surface area contributed by atoms with Gasteiger partial charge in [-0.3, -0.25) is 9.59 Å². The summed E-state index contributed by atoms with van der Waals surface area (Å²) in [6.45, 7) is 4.09. The molecule has 2 amide bonds. The molecule has 0 aliphatic carbocycles. The fourth-order valence-corrected chi connectivity index (χ4v) is 3.18. The summed E-state index contributed by atoms with van der Waals surface area (Å²) in [7, 11) is 0. The standard InChI is InChI=1S/C22H22BrN3O2/c1-14(2)25-21(27)11-12-24-22(28)18-13-20(15-7-9-16(23)10-8-15)26-19-6-4-3-5-17(18)19/h3-10,13-14H,11-12H2,1-2H3,(H,24,28)(H,25,27). The van der Waals surface area contributed by atoms with Crippen molar-refractivity contribution in [2.45, 2.75) is 26.3 Å². The highest BCUT2D eigenvalue weighted by Crippen LogP contribution is 2.26. The maximum Gasteiger partial charge on any atom is 0.252 e. The Balaban J connectivity index is 1.85. The van der Waals surface area contributed by atoms with Crippen molar-refractivity contribution in [1.82, 2.24) is 15.6 Å². The largest absolute Gasteiger partial charge is 0.354 e. The van der Waals surface area contributed by atoms with E-state index >= 15 is 0 Å². The minimum absolute atomic E-state index is 0.0783. The maximum absolute atomic E-state index is 12.8. The van der Waals surface area contributed by atoms with Crippen LogP contribution >= 0.6 is 15.9 Å². The van der Waals surface area contributed by atoms with Gasteiger partial charge in [0, 0.05) is 34.4 Å². The van der Waals surface area contributed by atoms with E-state index in [1.54, 1.807) is 6.07 Å². The van der Waals surface area contributed by atoms with Gasteiger partial charge in [-0.2, -0.15) is 0 Å². The topological polar surface area (TPSA) is 71.1 Å². The van der Waals surface area contributed by atoms with E-state index in [4.69, 9.17) is 4.98 Å². The molecule has 1 heterocycles. The van der Waals surface area contributed by atoms with E-state index < -0.39 is 0 Å². The Labute approximate surface area is 172 Å². The zero-order chi connectivity index (χ0) is 20.1. The first-order valence-electron chi connectivity index (χ1n) is 9.17. The Bertz CT molecular complexity index is 1000. The number of para-hydroxylation sites is 1. The van der Waals surface area contributed by atoms with E-state index in [0.29, 0.717) is 5.56 Å². The molecule has 2 aromatic carbocycles. The van der Waals surface area contributed by atoms with Gasteiger partial charge >= 0.3 is 0 Å². The monoisotopic (exact) mass is 439 g/mol. The van der Waals surface area contributed by atoms with E-state index in [1.807, 2.05) is 62.4 Å². The molecule has 1 aromatic heterocycles. The van der Waals surface area contributed by atoms with Gasteiger partial charge in [-0.25, -0.2) is 4.98 Å². The SMILES string of the molecule is CC(C)NC(=O)CCNC(=O)c1cc(-c2ccc(Br)cc2)nc2ccccc12. The molecule has 144 valence electrons. The first kappa shape index (κ1) is 20.0. The van der Waals surface area contributed by atoms with Crippen LogP contribution in [0, 0.1) is 0 Å². The smallest absolute Gasteiger partial charge is 0.252 e. The molecule has 3 aromatic rings. The van der Waals surface area contributed by atoms with Gasteiger partial charge in [0.15, 0.2) is 0 Å². The quantitative estimate of drug-likeness (QED) is 0.600. The number of rotatable bonds is 6. The Morgan fingerprint density at radius 2 is 1.79 bits per heavy atom. The summed E-state index contributed by atoms with van der Waals surface area (Å²) in [4.78, 5) is 29.3. The molecule has 0 unspecified atom stereocenters. The molecular weight excluding hydrogens is 418 g/mol. The minimum Gasteiger partial charge on any atom is -0.354 e. The number of aromatic nitrogens is 1. The number of nitrogens with one attached hydrogen (secondary N) is 2.